The van der Waals surface area contributed by atoms with Crippen molar-refractivity contribution in [1.82, 2.24) is 9.97 Å². The minimum atomic E-state index is -0.513. The van der Waals surface area contributed by atoms with E-state index in [-0.39, 0.29) is 17.0 Å². The summed E-state index contributed by atoms with van der Waals surface area (Å²) in [6.07, 6.45) is 1.36. The van der Waals surface area contributed by atoms with Gasteiger partial charge in [-0.15, -0.1) is 0 Å². The van der Waals surface area contributed by atoms with Crippen molar-refractivity contribution in [2.75, 3.05) is 0 Å². The monoisotopic (exact) mass is 280 g/mol. The summed E-state index contributed by atoms with van der Waals surface area (Å²) in [7, 11) is 0. The quantitative estimate of drug-likeness (QED) is 0.257. The highest BCUT2D eigenvalue weighted by Crippen LogP contribution is 2.27. The highest BCUT2D eigenvalue weighted by molar-refractivity contribution is 7.99. The first-order valence-corrected chi connectivity index (χ1v) is 5.92. The molecule has 0 bridgehead atoms. The first kappa shape index (κ1) is 13.1. The molecule has 0 radical (unpaired) electrons. The molecule has 0 unspecified atom stereocenters. The van der Waals surface area contributed by atoms with Crippen molar-refractivity contribution in [3.8, 4) is 0 Å². The molecule has 0 atom stereocenters. The Morgan fingerprint density at radius 1 is 1.47 bits per heavy atom. The van der Waals surface area contributed by atoms with Crippen molar-refractivity contribution in [1.29, 1.82) is 0 Å². The van der Waals surface area contributed by atoms with Gasteiger partial charge in [0.05, 0.1) is 0 Å². The first-order chi connectivity index (χ1) is 9.10. The normalized spacial score (nSPS) is 11.5. The topological polar surface area (TPSA) is 104 Å². The van der Waals surface area contributed by atoms with Crippen LogP contribution in [0.2, 0.25) is 0 Å². The first-order valence-electron chi connectivity index (χ1n) is 5.11. The molecule has 8 heteroatoms. The molecule has 19 heavy (non-hydrogen) atoms. The van der Waals surface area contributed by atoms with Gasteiger partial charge >= 0.3 is 0 Å². The van der Waals surface area contributed by atoms with Crippen LogP contribution in [0.3, 0.4) is 0 Å². The molecule has 0 aliphatic heterocycles. The zero-order valence-electron chi connectivity index (χ0n) is 9.50. The Hall–Kier alpha value is -2.35. The van der Waals surface area contributed by atoms with Crippen LogP contribution in [0.15, 0.2) is 50.5 Å². The maximum absolute atomic E-state index is 13.2. The molecule has 0 spiro atoms. The number of aromatic nitrogens is 2. The predicted octanol–water partition coefficient (Wildman–Crippen LogP) is 1.15. The molecule has 4 N–H and O–H groups in total. The largest absolute Gasteiger partial charge is 0.409 e. The third-order valence-corrected chi connectivity index (χ3v) is 3.16. The number of nitrogens with zero attached hydrogens (tertiary/aromatic N) is 2. The number of benzene rings is 1. The van der Waals surface area contributed by atoms with E-state index in [1.807, 2.05) is 0 Å². The molecule has 0 fully saturated rings. The van der Waals surface area contributed by atoms with Crippen molar-refractivity contribution in [2.45, 2.75) is 10.1 Å². The Morgan fingerprint density at radius 3 is 2.95 bits per heavy atom. The van der Waals surface area contributed by atoms with E-state index >= 15 is 0 Å². The summed E-state index contributed by atoms with van der Waals surface area (Å²) < 4.78 is 13.2. The third-order valence-electron chi connectivity index (χ3n) is 2.18. The Labute approximate surface area is 111 Å². The molecule has 6 nitrogen and oxygen atoms in total. The molecule has 1 aromatic carbocycles. The second-order valence-electron chi connectivity index (χ2n) is 3.47. The summed E-state index contributed by atoms with van der Waals surface area (Å²) in [5.41, 5.74) is 5.40. The number of rotatable bonds is 3. The minimum Gasteiger partial charge on any atom is -0.409 e. The van der Waals surface area contributed by atoms with Crippen molar-refractivity contribution in [3.63, 3.8) is 0 Å². The molecule has 1 aromatic heterocycles. The molecule has 0 aliphatic rings. The van der Waals surface area contributed by atoms with E-state index in [0.29, 0.717) is 10.1 Å². The van der Waals surface area contributed by atoms with Crippen molar-refractivity contribution in [3.05, 3.63) is 52.2 Å². The number of oxime groups is 1. The van der Waals surface area contributed by atoms with Crippen LogP contribution in [-0.2, 0) is 0 Å². The number of halogens is 1. The fourth-order valence-electron chi connectivity index (χ4n) is 1.35. The molecule has 2 aromatic rings. The zero-order valence-corrected chi connectivity index (χ0v) is 10.3. The standard InChI is InChI=1S/C11H9FN4O2S/c12-6-1-2-8(7(5-6)10(13)16-18)19-11-14-4-3-9(17)15-11/h1-5,18H,(H2,13,16)(H,14,15,17). The van der Waals surface area contributed by atoms with Gasteiger partial charge in [-0.25, -0.2) is 9.37 Å². The van der Waals surface area contributed by atoms with Gasteiger partial charge in [0.2, 0.25) is 0 Å². The van der Waals surface area contributed by atoms with Crippen LogP contribution in [0, 0.1) is 5.82 Å². The lowest BCUT2D eigenvalue weighted by molar-refractivity contribution is 0.318. The minimum absolute atomic E-state index is 0.221. The van der Waals surface area contributed by atoms with Gasteiger partial charge in [0.1, 0.15) is 5.82 Å². The van der Waals surface area contributed by atoms with E-state index in [1.54, 1.807) is 0 Å². The van der Waals surface area contributed by atoms with Gasteiger partial charge in [0, 0.05) is 22.7 Å². The van der Waals surface area contributed by atoms with Crippen LogP contribution in [0.25, 0.3) is 0 Å². The highest BCUT2D eigenvalue weighted by atomic mass is 32.2. The summed E-state index contributed by atoms with van der Waals surface area (Å²) in [4.78, 5) is 18.1. The SMILES string of the molecule is NC(=NO)c1cc(F)ccc1Sc1nccc(=O)[nH]1. The molecular formula is C11H9FN4O2S. The maximum atomic E-state index is 13.2. The van der Waals surface area contributed by atoms with E-state index in [9.17, 15) is 9.18 Å². The molecule has 2 rings (SSSR count). The van der Waals surface area contributed by atoms with Crippen LogP contribution in [0.4, 0.5) is 4.39 Å². The summed E-state index contributed by atoms with van der Waals surface area (Å²) in [6, 6.07) is 5.11. The van der Waals surface area contributed by atoms with Gasteiger partial charge in [0.25, 0.3) is 5.56 Å². The van der Waals surface area contributed by atoms with E-state index < -0.39 is 5.82 Å². The van der Waals surface area contributed by atoms with Gasteiger partial charge < -0.3 is 15.9 Å². The van der Waals surface area contributed by atoms with E-state index in [2.05, 4.69) is 15.1 Å². The lowest BCUT2D eigenvalue weighted by Crippen LogP contribution is -2.14. The van der Waals surface area contributed by atoms with E-state index in [0.717, 1.165) is 17.8 Å². The molecule has 98 valence electrons. The smallest absolute Gasteiger partial charge is 0.251 e. The molecule has 0 amide bonds. The number of amidine groups is 1. The highest BCUT2D eigenvalue weighted by Gasteiger charge is 2.11. The van der Waals surface area contributed by atoms with Crippen molar-refractivity contribution in [2.24, 2.45) is 10.9 Å². The molecule has 0 aliphatic carbocycles. The van der Waals surface area contributed by atoms with Gasteiger partial charge in [-0.2, -0.15) is 0 Å². The van der Waals surface area contributed by atoms with Crippen LogP contribution in [0.1, 0.15) is 5.56 Å². The zero-order chi connectivity index (χ0) is 13.8. The average Bonchev–Trinajstić information content (AvgIpc) is 2.40. The fraction of sp³-hybridized carbons (Fsp3) is 0. The Kier molecular flexibility index (Phi) is 3.81. The molecule has 0 saturated carbocycles. The summed E-state index contributed by atoms with van der Waals surface area (Å²) in [5, 5.41) is 11.8. The van der Waals surface area contributed by atoms with Gasteiger partial charge in [0.15, 0.2) is 11.0 Å². The molecule has 0 saturated heterocycles. The Bertz CT molecular complexity index is 686. The van der Waals surface area contributed by atoms with Gasteiger partial charge in [-0.3, -0.25) is 4.79 Å². The Morgan fingerprint density at radius 2 is 2.26 bits per heavy atom. The van der Waals surface area contributed by atoms with Crippen molar-refractivity contribution < 1.29 is 9.60 Å². The van der Waals surface area contributed by atoms with Crippen LogP contribution < -0.4 is 11.3 Å². The molecular weight excluding hydrogens is 271 g/mol. The number of hydrogen-bond donors (Lipinski definition) is 3. The fourth-order valence-corrected chi connectivity index (χ4v) is 2.24. The number of nitrogens with one attached hydrogen (secondary N) is 1. The lowest BCUT2D eigenvalue weighted by Gasteiger charge is -2.07. The second-order valence-corrected chi connectivity index (χ2v) is 4.50. The number of aromatic amines is 1. The number of nitrogens with two attached hydrogens (primary N) is 1. The average molecular weight is 280 g/mol. The van der Waals surface area contributed by atoms with E-state index in [4.69, 9.17) is 10.9 Å². The third kappa shape index (κ3) is 3.10. The lowest BCUT2D eigenvalue weighted by atomic mass is 10.2. The van der Waals surface area contributed by atoms with Gasteiger partial charge in [-0.05, 0) is 18.2 Å². The van der Waals surface area contributed by atoms with E-state index in [1.165, 1.54) is 24.4 Å². The Balaban J connectivity index is 2.42. The second kappa shape index (κ2) is 5.53. The number of hydrogen-bond acceptors (Lipinski definition) is 5. The molecule has 1 heterocycles. The maximum Gasteiger partial charge on any atom is 0.251 e. The summed E-state index contributed by atoms with van der Waals surface area (Å²) in [5.74, 6) is -0.735. The summed E-state index contributed by atoms with van der Waals surface area (Å²) >= 11 is 1.08. The van der Waals surface area contributed by atoms with Crippen LogP contribution >= 0.6 is 11.8 Å². The van der Waals surface area contributed by atoms with Crippen LogP contribution in [-0.4, -0.2) is 21.0 Å². The van der Waals surface area contributed by atoms with Crippen molar-refractivity contribution >= 4 is 17.6 Å². The predicted molar refractivity (Wildman–Crippen MR) is 67.9 cm³/mol. The number of H-pyrrole nitrogens is 1. The van der Waals surface area contributed by atoms with Gasteiger partial charge in [-0.1, -0.05) is 16.9 Å². The van der Waals surface area contributed by atoms with Crippen LogP contribution in [0.5, 0.6) is 0 Å². The summed E-state index contributed by atoms with van der Waals surface area (Å²) in [6.45, 7) is 0.